The summed E-state index contributed by atoms with van der Waals surface area (Å²) >= 11 is 6.31. The average Bonchev–Trinajstić information content (AvgIpc) is 2.92. The first kappa shape index (κ1) is 20.4. The van der Waals surface area contributed by atoms with Crippen LogP contribution in [0.15, 0.2) is 29.2 Å². The number of halogens is 1. The zero-order valence-corrected chi connectivity index (χ0v) is 17.4. The van der Waals surface area contributed by atoms with Gasteiger partial charge in [-0.3, -0.25) is 14.5 Å². The van der Waals surface area contributed by atoms with Crippen LogP contribution in [0, 0.1) is 17.8 Å². The normalized spacial score (nSPS) is 29.4. The molecule has 0 bridgehead atoms. The Morgan fingerprint density at radius 2 is 2.00 bits per heavy atom. The summed E-state index contributed by atoms with van der Waals surface area (Å²) in [6.07, 6.45) is 1.87. The van der Waals surface area contributed by atoms with Gasteiger partial charge in [0.1, 0.15) is 5.75 Å². The van der Waals surface area contributed by atoms with Gasteiger partial charge in [-0.2, -0.15) is 0 Å². The first-order valence-electron chi connectivity index (χ1n) is 10.3. The number of amides is 2. The largest absolute Gasteiger partial charge is 0.508 e. The van der Waals surface area contributed by atoms with Crippen molar-refractivity contribution in [2.45, 2.75) is 45.6 Å². The number of rotatable bonds is 4. The molecule has 4 atom stereocenters. The molecule has 3 aliphatic rings. The fourth-order valence-electron chi connectivity index (χ4n) is 5.24. The van der Waals surface area contributed by atoms with Gasteiger partial charge in [-0.1, -0.05) is 37.1 Å². The maximum absolute atomic E-state index is 13.2. The first-order chi connectivity index (χ1) is 13.9. The first-order valence-corrected chi connectivity index (χ1v) is 10.6. The van der Waals surface area contributed by atoms with Gasteiger partial charge < -0.3 is 14.8 Å². The number of hydrogen-bond donors (Lipinski definition) is 2. The molecule has 1 aromatic rings. The highest BCUT2D eigenvalue weighted by Gasteiger charge is 2.57. The van der Waals surface area contributed by atoms with Crippen LogP contribution in [0.4, 0.5) is 0 Å². The highest BCUT2D eigenvalue weighted by Crippen LogP contribution is 2.52. The summed E-state index contributed by atoms with van der Waals surface area (Å²) in [5, 5.41) is 20.8. The minimum atomic E-state index is -1.14. The number of fused-ring (bicyclic) bond motifs is 3. The Hall–Kier alpha value is -1.83. The number of likely N-dealkylation sites (tertiary alicyclic amines) is 1. The van der Waals surface area contributed by atoms with Gasteiger partial charge in [0.2, 0.25) is 11.8 Å². The van der Waals surface area contributed by atoms with Crippen molar-refractivity contribution in [2.24, 2.45) is 17.8 Å². The van der Waals surface area contributed by atoms with E-state index >= 15 is 0 Å². The zero-order chi connectivity index (χ0) is 20.9. The van der Waals surface area contributed by atoms with Crippen molar-refractivity contribution in [3.63, 3.8) is 0 Å². The van der Waals surface area contributed by atoms with E-state index in [4.69, 9.17) is 16.3 Å². The molecule has 2 N–H and O–H groups in total. The Kier molecular flexibility index (Phi) is 5.49. The Balaban J connectivity index is 1.73. The number of carbonyl (C=O) groups excluding carboxylic acids is 2. The molecule has 0 aromatic heterocycles. The number of benzene rings is 1. The fourth-order valence-corrected chi connectivity index (χ4v) is 5.53. The molecule has 4 rings (SSSR count). The van der Waals surface area contributed by atoms with E-state index in [0.717, 1.165) is 17.5 Å². The van der Waals surface area contributed by atoms with Crippen LogP contribution < -0.4 is 0 Å². The van der Waals surface area contributed by atoms with Gasteiger partial charge in [0.05, 0.1) is 17.9 Å². The Morgan fingerprint density at radius 1 is 1.24 bits per heavy atom. The van der Waals surface area contributed by atoms with Crippen molar-refractivity contribution in [1.82, 2.24) is 4.90 Å². The maximum Gasteiger partial charge on any atom is 0.487 e. The van der Waals surface area contributed by atoms with Crippen LogP contribution in [0.2, 0.25) is 5.02 Å². The van der Waals surface area contributed by atoms with Crippen molar-refractivity contribution in [3.05, 3.63) is 39.8 Å². The summed E-state index contributed by atoms with van der Waals surface area (Å²) < 4.78 is 5.90. The molecule has 2 amide bonds. The van der Waals surface area contributed by atoms with Gasteiger partial charge in [0.25, 0.3) is 0 Å². The van der Waals surface area contributed by atoms with Crippen LogP contribution in [0.5, 0.6) is 5.75 Å². The predicted octanol–water partition coefficient (Wildman–Crippen LogP) is 3.26. The van der Waals surface area contributed by atoms with Crippen LogP contribution in [0.25, 0.3) is 0 Å². The molecule has 1 aromatic carbocycles. The van der Waals surface area contributed by atoms with E-state index < -0.39 is 19.1 Å². The molecule has 0 unspecified atom stereocenters. The van der Waals surface area contributed by atoms with Gasteiger partial charge in [-0.25, -0.2) is 0 Å². The Bertz CT molecular complexity index is 888. The SMILES string of the molecule is CCCN1C(=O)[C@H]2[C@H](CC(CC)=C3B(O)O[C@H](c4ccc(O)cc4Cl)C[C@H]32)C1=O. The highest BCUT2D eigenvalue weighted by atomic mass is 35.5. The lowest BCUT2D eigenvalue weighted by atomic mass is 9.55. The summed E-state index contributed by atoms with van der Waals surface area (Å²) in [4.78, 5) is 27.5. The molecular formula is C21H25BClNO5. The third-order valence-electron chi connectivity index (χ3n) is 6.51. The second kappa shape index (κ2) is 7.78. The molecule has 6 nitrogen and oxygen atoms in total. The van der Waals surface area contributed by atoms with Crippen molar-refractivity contribution in [1.29, 1.82) is 0 Å². The van der Waals surface area contributed by atoms with E-state index in [1.165, 1.54) is 17.0 Å². The third-order valence-corrected chi connectivity index (χ3v) is 6.83. The number of aromatic hydroxyl groups is 1. The van der Waals surface area contributed by atoms with Crippen LogP contribution >= 0.6 is 11.6 Å². The van der Waals surface area contributed by atoms with E-state index in [1.807, 2.05) is 13.8 Å². The third kappa shape index (κ3) is 3.29. The maximum atomic E-state index is 13.2. The monoisotopic (exact) mass is 417 g/mol. The van der Waals surface area contributed by atoms with Gasteiger partial charge in [0, 0.05) is 11.6 Å². The molecule has 0 spiro atoms. The molecule has 29 heavy (non-hydrogen) atoms. The van der Waals surface area contributed by atoms with E-state index in [2.05, 4.69) is 0 Å². The lowest BCUT2D eigenvalue weighted by Crippen LogP contribution is -2.44. The summed E-state index contributed by atoms with van der Waals surface area (Å²) in [5.41, 5.74) is 2.43. The quantitative estimate of drug-likeness (QED) is 0.580. The number of allylic oxidation sites excluding steroid dienone is 2. The topological polar surface area (TPSA) is 87.1 Å². The van der Waals surface area contributed by atoms with E-state index in [1.54, 1.807) is 6.07 Å². The van der Waals surface area contributed by atoms with Gasteiger partial charge in [0.15, 0.2) is 0 Å². The summed E-state index contributed by atoms with van der Waals surface area (Å²) in [5.74, 6) is -1.26. The van der Waals surface area contributed by atoms with Crippen molar-refractivity contribution in [2.75, 3.05) is 6.54 Å². The van der Waals surface area contributed by atoms with E-state index in [9.17, 15) is 19.7 Å². The van der Waals surface area contributed by atoms with E-state index in [0.29, 0.717) is 36.4 Å². The van der Waals surface area contributed by atoms with Gasteiger partial charge in [-0.05, 0) is 54.8 Å². The number of phenols is 1. The average molecular weight is 418 g/mol. The number of phenolic OH excluding ortho intramolecular Hbond substituents is 1. The summed E-state index contributed by atoms with van der Waals surface area (Å²) in [7, 11) is -1.14. The van der Waals surface area contributed by atoms with Gasteiger partial charge >= 0.3 is 7.12 Å². The molecule has 2 saturated heterocycles. The lowest BCUT2D eigenvalue weighted by Gasteiger charge is -2.42. The van der Waals surface area contributed by atoms with Crippen molar-refractivity contribution in [3.8, 4) is 5.75 Å². The zero-order valence-electron chi connectivity index (χ0n) is 16.6. The number of imide groups is 1. The number of nitrogens with zero attached hydrogens (tertiary/aromatic N) is 1. The van der Waals surface area contributed by atoms with Crippen molar-refractivity contribution >= 4 is 30.5 Å². The molecule has 2 heterocycles. The standard InChI is InChI=1S/C21H25BClNO5/c1-3-7-24-20(26)15-8-11(4-2)19-14(18(15)21(24)27)10-17(29-22(19)28)13-6-5-12(25)9-16(13)23/h5-6,9,14-15,17-18,25,28H,3-4,7-8,10H2,1-2H3/t14-,15-,17-,18+/m0/s1. The molecule has 2 fully saturated rings. The Morgan fingerprint density at radius 3 is 2.66 bits per heavy atom. The van der Waals surface area contributed by atoms with Crippen LogP contribution in [0.1, 0.15) is 51.2 Å². The minimum Gasteiger partial charge on any atom is -0.508 e. The molecule has 2 aliphatic heterocycles. The molecule has 154 valence electrons. The number of hydrogen-bond acceptors (Lipinski definition) is 5. The predicted molar refractivity (Wildman–Crippen MR) is 109 cm³/mol. The second-order valence-electron chi connectivity index (χ2n) is 8.10. The Labute approximate surface area is 175 Å². The van der Waals surface area contributed by atoms with Crippen LogP contribution in [-0.4, -0.2) is 40.5 Å². The fraction of sp³-hybridized carbons (Fsp3) is 0.524. The molecule has 1 aliphatic carbocycles. The minimum absolute atomic E-state index is 0.0495. The van der Waals surface area contributed by atoms with Crippen molar-refractivity contribution < 1.29 is 24.4 Å². The molecule has 0 saturated carbocycles. The second-order valence-corrected chi connectivity index (χ2v) is 8.51. The van der Waals surface area contributed by atoms with E-state index in [-0.39, 0.29) is 29.4 Å². The lowest BCUT2D eigenvalue weighted by molar-refractivity contribution is -0.140. The highest BCUT2D eigenvalue weighted by molar-refractivity contribution is 6.53. The molecular weight excluding hydrogens is 392 g/mol. The van der Waals surface area contributed by atoms with Gasteiger partial charge in [-0.15, -0.1) is 0 Å². The smallest absolute Gasteiger partial charge is 0.487 e. The number of carbonyl (C=O) groups is 2. The van der Waals surface area contributed by atoms with Crippen LogP contribution in [0.3, 0.4) is 0 Å². The molecule has 0 radical (unpaired) electrons. The molecule has 8 heteroatoms. The van der Waals surface area contributed by atoms with Crippen LogP contribution in [-0.2, 0) is 14.2 Å². The summed E-state index contributed by atoms with van der Waals surface area (Å²) in [6, 6.07) is 4.64. The summed E-state index contributed by atoms with van der Waals surface area (Å²) in [6.45, 7) is 4.38.